The van der Waals surface area contributed by atoms with Gasteiger partial charge >= 0.3 is 0 Å². The van der Waals surface area contributed by atoms with Crippen molar-refractivity contribution in [1.29, 1.82) is 0 Å². The minimum absolute atomic E-state index is 0.00689. The molecule has 0 saturated carbocycles. The van der Waals surface area contributed by atoms with Gasteiger partial charge in [0.1, 0.15) is 12.4 Å². The maximum atomic E-state index is 13.1. The van der Waals surface area contributed by atoms with Gasteiger partial charge in [-0.05, 0) is 42.8 Å². The Bertz CT molecular complexity index is 893. The predicted octanol–water partition coefficient (Wildman–Crippen LogP) is 2.87. The first-order valence-corrected chi connectivity index (χ1v) is 8.68. The SMILES string of the molecule is CO[C@@H]1C[C@@H](COc2cccnc2)N(C(=O)c2ccc3[nH]ccc3c2)C1. The van der Waals surface area contributed by atoms with Gasteiger partial charge in [0.05, 0.1) is 18.3 Å². The molecule has 3 aromatic rings. The molecule has 6 heteroatoms. The molecule has 2 atom stereocenters. The molecule has 2 aromatic heterocycles. The molecule has 0 aliphatic carbocycles. The number of carbonyl (C=O) groups excluding carboxylic acids is 1. The fraction of sp³-hybridized carbons (Fsp3) is 0.300. The van der Waals surface area contributed by atoms with Gasteiger partial charge in [0.25, 0.3) is 5.91 Å². The van der Waals surface area contributed by atoms with Crippen molar-refractivity contribution < 1.29 is 14.3 Å². The van der Waals surface area contributed by atoms with Gasteiger partial charge < -0.3 is 19.4 Å². The van der Waals surface area contributed by atoms with Gasteiger partial charge in [0, 0.05) is 42.5 Å². The van der Waals surface area contributed by atoms with Gasteiger partial charge in [0.2, 0.25) is 0 Å². The highest BCUT2D eigenvalue weighted by atomic mass is 16.5. The van der Waals surface area contributed by atoms with Crippen LogP contribution in [-0.2, 0) is 4.74 Å². The second-order valence-corrected chi connectivity index (χ2v) is 6.48. The van der Waals surface area contributed by atoms with E-state index in [0.29, 0.717) is 24.5 Å². The van der Waals surface area contributed by atoms with Crippen LogP contribution >= 0.6 is 0 Å². The molecule has 134 valence electrons. The monoisotopic (exact) mass is 351 g/mol. The number of methoxy groups -OCH3 is 1. The number of ether oxygens (including phenoxy) is 2. The molecule has 1 N–H and O–H groups in total. The van der Waals surface area contributed by atoms with Crippen LogP contribution in [0.15, 0.2) is 55.0 Å². The fourth-order valence-corrected chi connectivity index (χ4v) is 3.43. The summed E-state index contributed by atoms with van der Waals surface area (Å²) in [6, 6.07) is 11.4. The van der Waals surface area contributed by atoms with E-state index in [0.717, 1.165) is 17.3 Å². The molecular weight excluding hydrogens is 330 g/mol. The Morgan fingerprint density at radius 1 is 1.35 bits per heavy atom. The van der Waals surface area contributed by atoms with Gasteiger partial charge in [-0.25, -0.2) is 0 Å². The van der Waals surface area contributed by atoms with Crippen molar-refractivity contribution in [2.75, 3.05) is 20.3 Å². The minimum Gasteiger partial charge on any atom is -0.490 e. The van der Waals surface area contributed by atoms with Crippen molar-refractivity contribution in [3.63, 3.8) is 0 Å². The number of aromatic amines is 1. The van der Waals surface area contributed by atoms with Crippen molar-refractivity contribution >= 4 is 16.8 Å². The summed E-state index contributed by atoms with van der Waals surface area (Å²) in [7, 11) is 1.68. The molecule has 26 heavy (non-hydrogen) atoms. The molecule has 3 heterocycles. The predicted molar refractivity (Wildman–Crippen MR) is 98.3 cm³/mol. The van der Waals surface area contributed by atoms with Crippen molar-refractivity contribution in [3.8, 4) is 5.75 Å². The summed E-state index contributed by atoms with van der Waals surface area (Å²) in [6.07, 6.45) is 6.04. The van der Waals surface area contributed by atoms with Crippen LogP contribution in [0.2, 0.25) is 0 Å². The summed E-state index contributed by atoms with van der Waals surface area (Å²) in [5, 5.41) is 1.03. The summed E-state index contributed by atoms with van der Waals surface area (Å²) < 4.78 is 11.3. The number of hydrogen-bond acceptors (Lipinski definition) is 4. The third-order valence-electron chi connectivity index (χ3n) is 4.85. The molecule has 1 saturated heterocycles. The number of nitrogens with one attached hydrogen (secondary N) is 1. The maximum absolute atomic E-state index is 13.1. The van der Waals surface area contributed by atoms with Gasteiger partial charge in [-0.2, -0.15) is 0 Å². The number of nitrogens with zero attached hydrogens (tertiary/aromatic N) is 2. The highest BCUT2D eigenvalue weighted by Gasteiger charge is 2.36. The average Bonchev–Trinajstić information content (AvgIpc) is 3.32. The topological polar surface area (TPSA) is 67.5 Å². The second kappa shape index (κ2) is 7.17. The van der Waals surface area contributed by atoms with E-state index in [4.69, 9.17) is 9.47 Å². The Balaban J connectivity index is 1.52. The van der Waals surface area contributed by atoms with Crippen LogP contribution in [0, 0.1) is 0 Å². The molecule has 0 bridgehead atoms. The standard InChI is InChI=1S/C20H21N3O3/c1-25-18-10-16(13-26-17-3-2-7-21-11-17)23(12-18)20(24)15-4-5-19-14(9-15)6-8-22-19/h2-9,11,16,18,22H,10,12-13H2,1H3/t16-,18+/m0/s1. The molecule has 0 spiro atoms. The van der Waals surface area contributed by atoms with E-state index in [1.54, 1.807) is 19.5 Å². The lowest BCUT2D eigenvalue weighted by Crippen LogP contribution is -2.39. The Morgan fingerprint density at radius 2 is 2.27 bits per heavy atom. The number of hydrogen-bond donors (Lipinski definition) is 1. The van der Waals surface area contributed by atoms with Crippen LogP contribution in [0.1, 0.15) is 16.8 Å². The molecular formula is C20H21N3O3. The van der Waals surface area contributed by atoms with Gasteiger partial charge in [0.15, 0.2) is 0 Å². The Labute approximate surface area is 151 Å². The van der Waals surface area contributed by atoms with Gasteiger partial charge in [-0.15, -0.1) is 0 Å². The van der Waals surface area contributed by atoms with Crippen molar-refractivity contribution in [2.24, 2.45) is 0 Å². The third-order valence-corrected chi connectivity index (χ3v) is 4.85. The molecule has 1 aliphatic heterocycles. The summed E-state index contributed by atoms with van der Waals surface area (Å²) in [5.41, 5.74) is 1.70. The lowest BCUT2D eigenvalue weighted by Gasteiger charge is -2.24. The lowest BCUT2D eigenvalue weighted by molar-refractivity contribution is 0.0658. The van der Waals surface area contributed by atoms with E-state index in [9.17, 15) is 4.79 Å². The smallest absolute Gasteiger partial charge is 0.254 e. The van der Waals surface area contributed by atoms with Crippen molar-refractivity contribution in [1.82, 2.24) is 14.9 Å². The molecule has 4 rings (SSSR count). The fourth-order valence-electron chi connectivity index (χ4n) is 3.43. The maximum Gasteiger partial charge on any atom is 0.254 e. The summed E-state index contributed by atoms with van der Waals surface area (Å²) in [4.78, 5) is 22.1. The third kappa shape index (κ3) is 3.28. The van der Waals surface area contributed by atoms with E-state index in [2.05, 4.69) is 9.97 Å². The number of fused-ring (bicyclic) bond motifs is 1. The van der Waals surface area contributed by atoms with E-state index >= 15 is 0 Å². The largest absolute Gasteiger partial charge is 0.490 e. The van der Waals surface area contributed by atoms with Crippen LogP contribution in [0.25, 0.3) is 10.9 Å². The summed E-state index contributed by atoms with van der Waals surface area (Å²) >= 11 is 0. The number of H-pyrrole nitrogens is 1. The molecule has 1 aliphatic rings. The number of rotatable bonds is 5. The van der Waals surface area contributed by atoms with Crippen LogP contribution in [0.4, 0.5) is 0 Å². The number of likely N-dealkylation sites (tertiary alicyclic amines) is 1. The zero-order valence-electron chi connectivity index (χ0n) is 14.6. The average molecular weight is 351 g/mol. The highest BCUT2D eigenvalue weighted by molar-refractivity contribution is 5.98. The number of carbonyl (C=O) groups is 1. The van der Waals surface area contributed by atoms with E-state index in [1.807, 2.05) is 47.5 Å². The van der Waals surface area contributed by atoms with E-state index in [-0.39, 0.29) is 18.1 Å². The Hall–Kier alpha value is -2.86. The van der Waals surface area contributed by atoms with Gasteiger partial charge in [-0.3, -0.25) is 9.78 Å². The quantitative estimate of drug-likeness (QED) is 0.767. The Kier molecular flexibility index (Phi) is 4.58. The molecule has 0 radical (unpaired) electrons. The lowest BCUT2D eigenvalue weighted by atomic mass is 10.1. The number of pyridine rings is 1. The number of benzene rings is 1. The molecule has 1 aromatic carbocycles. The number of amides is 1. The Morgan fingerprint density at radius 3 is 3.08 bits per heavy atom. The number of aromatic nitrogens is 2. The normalized spacial score (nSPS) is 19.8. The van der Waals surface area contributed by atoms with Gasteiger partial charge in [-0.1, -0.05) is 0 Å². The first kappa shape index (κ1) is 16.6. The van der Waals surface area contributed by atoms with Crippen LogP contribution < -0.4 is 4.74 Å². The summed E-state index contributed by atoms with van der Waals surface area (Å²) in [5.74, 6) is 0.710. The highest BCUT2D eigenvalue weighted by Crippen LogP contribution is 2.25. The molecule has 0 unspecified atom stereocenters. The first-order chi connectivity index (χ1) is 12.7. The molecule has 6 nitrogen and oxygen atoms in total. The zero-order chi connectivity index (χ0) is 17.9. The summed E-state index contributed by atoms with van der Waals surface area (Å²) in [6.45, 7) is 0.991. The van der Waals surface area contributed by atoms with Crippen molar-refractivity contribution in [2.45, 2.75) is 18.6 Å². The molecule has 1 fully saturated rings. The van der Waals surface area contributed by atoms with E-state index < -0.39 is 0 Å². The first-order valence-electron chi connectivity index (χ1n) is 8.68. The van der Waals surface area contributed by atoms with Crippen LogP contribution in [0.5, 0.6) is 5.75 Å². The van der Waals surface area contributed by atoms with Crippen LogP contribution in [-0.4, -0.2) is 53.2 Å². The zero-order valence-corrected chi connectivity index (χ0v) is 14.6. The molecule has 1 amide bonds. The minimum atomic E-state index is -0.0328. The second-order valence-electron chi connectivity index (χ2n) is 6.48. The van der Waals surface area contributed by atoms with Crippen LogP contribution in [0.3, 0.4) is 0 Å². The van der Waals surface area contributed by atoms with Crippen molar-refractivity contribution in [3.05, 3.63) is 60.6 Å². The van der Waals surface area contributed by atoms with E-state index in [1.165, 1.54) is 0 Å².